The standard InChI is InChI=1S/C21H24ClN7O/c1-14-12-15(2)29(26-14)20-13-19(23-16(3)24-20)27-8-10-28(11-9-27)21(30)25-18-7-5-4-6-17(18)22/h4-7,12-13H,8-11H2,1-3H3,(H,25,30). The van der Waals surface area contributed by atoms with Gasteiger partial charge in [0, 0.05) is 37.9 Å². The van der Waals surface area contributed by atoms with Crippen molar-refractivity contribution in [3.63, 3.8) is 0 Å². The van der Waals surface area contributed by atoms with E-state index < -0.39 is 0 Å². The molecule has 1 saturated heterocycles. The molecule has 1 aliphatic heterocycles. The molecule has 3 aromatic rings. The fourth-order valence-electron chi connectivity index (χ4n) is 3.56. The van der Waals surface area contributed by atoms with Gasteiger partial charge in [0.25, 0.3) is 0 Å². The Balaban J connectivity index is 1.45. The summed E-state index contributed by atoms with van der Waals surface area (Å²) in [6, 6.07) is 11.1. The number of halogens is 1. The second kappa shape index (κ2) is 8.31. The van der Waals surface area contributed by atoms with E-state index in [0.29, 0.717) is 42.7 Å². The first-order valence-corrected chi connectivity index (χ1v) is 10.2. The zero-order valence-electron chi connectivity index (χ0n) is 17.3. The molecule has 9 heteroatoms. The molecular formula is C21H24ClN7O. The van der Waals surface area contributed by atoms with E-state index in [1.807, 2.05) is 49.7 Å². The van der Waals surface area contributed by atoms with Crippen LogP contribution in [0.5, 0.6) is 0 Å². The molecule has 1 fully saturated rings. The van der Waals surface area contributed by atoms with Crippen LogP contribution in [-0.4, -0.2) is 56.9 Å². The van der Waals surface area contributed by atoms with Gasteiger partial charge in [-0.1, -0.05) is 23.7 Å². The number of amides is 2. The van der Waals surface area contributed by atoms with Crippen molar-refractivity contribution in [3.05, 3.63) is 58.6 Å². The number of carbonyl (C=O) groups excluding carboxylic acids is 1. The molecule has 1 aromatic carbocycles. The van der Waals surface area contributed by atoms with Gasteiger partial charge in [-0.05, 0) is 39.0 Å². The molecule has 1 aliphatic rings. The predicted molar refractivity (Wildman–Crippen MR) is 118 cm³/mol. The summed E-state index contributed by atoms with van der Waals surface area (Å²) in [5, 5.41) is 7.93. The average molecular weight is 426 g/mol. The number of anilines is 2. The highest BCUT2D eigenvalue weighted by Gasteiger charge is 2.23. The molecule has 0 aliphatic carbocycles. The molecule has 3 heterocycles. The fraction of sp³-hybridized carbons (Fsp3) is 0.333. The van der Waals surface area contributed by atoms with Gasteiger partial charge in [-0.2, -0.15) is 5.10 Å². The zero-order valence-corrected chi connectivity index (χ0v) is 18.0. The zero-order chi connectivity index (χ0) is 21.3. The van der Waals surface area contributed by atoms with Crippen LogP contribution in [0.25, 0.3) is 5.82 Å². The number of aromatic nitrogens is 4. The first-order chi connectivity index (χ1) is 14.4. The van der Waals surface area contributed by atoms with Crippen LogP contribution in [-0.2, 0) is 0 Å². The van der Waals surface area contributed by atoms with E-state index >= 15 is 0 Å². The molecule has 4 rings (SSSR count). The van der Waals surface area contributed by atoms with Crippen LogP contribution in [0, 0.1) is 20.8 Å². The Morgan fingerprint density at radius 3 is 2.37 bits per heavy atom. The van der Waals surface area contributed by atoms with Gasteiger partial charge in [-0.25, -0.2) is 19.4 Å². The van der Waals surface area contributed by atoms with Gasteiger partial charge in [-0.15, -0.1) is 0 Å². The summed E-state index contributed by atoms with van der Waals surface area (Å²) in [7, 11) is 0. The predicted octanol–water partition coefficient (Wildman–Crippen LogP) is 3.60. The van der Waals surface area contributed by atoms with E-state index in [1.54, 1.807) is 17.0 Å². The van der Waals surface area contributed by atoms with Crippen LogP contribution < -0.4 is 10.2 Å². The van der Waals surface area contributed by atoms with Crippen molar-refractivity contribution < 1.29 is 4.79 Å². The smallest absolute Gasteiger partial charge is 0.322 e. The Labute approximate surface area is 180 Å². The molecule has 8 nitrogen and oxygen atoms in total. The molecule has 2 amide bonds. The third-order valence-corrected chi connectivity index (χ3v) is 5.37. The number of piperazine rings is 1. The van der Waals surface area contributed by atoms with E-state index in [4.69, 9.17) is 11.6 Å². The summed E-state index contributed by atoms with van der Waals surface area (Å²) in [5.41, 5.74) is 2.59. The van der Waals surface area contributed by atoms with E-state index in [9.17, 15) is 4.79 Å². The minimum atomic E-state index is -0.148. The van der Waals surface area contributed by atoms with Crippen molar-refractivity contribution in [3.8, 4) is 5.82 Å². The lowest BCUT2D eigenvalue weighted by Crippen LogP contribution is -2.50. The van der Waals surface area contributed by atoms with Crippen LogP contribution in [0.4, 0.5) is 16.3 Å². The Morgan fingerprint density at radius 2 is 1.70 bits per heavy atom. The highest BCUT2D eigenvalue weighted by Crippen LogP contribution is 2.22. The van der Waals surface area contributed by atoms with Gasteiger partial charge >= 0.3 is 6.03 Å². The second-order valence-electron chi connectivity index (χ2n) is 7.35. The minimum Gasteiger partial charge on any atom is -0.353 e. The fourth-order valence-corrected chi connectivity index (χ4v) is 3.75. The van der Waals surface area contributed by atoms with Gasteiger partial charge in [-0.3, -0.25) is 0 Å². The molecule has 156 valence electrons. The third kappa shape index (κ3) is 4.23. The largest absolute Gasteiger partial charge is 0.353 e. The quantitative estimate of drug-likeness (QED) is 0.693. The first kappa shape index (κ1) is 20.2. The summed E-state index contributed by atoms with van der Waals surface area (Å²) < 4.78 is 1.83. The molecule has 2 aromatic heterocycles. The molecule has 0 bridgehead atoms. The summed E-state index contributed by atoms with van der Waals surface area (Å²) in [6.45, 7) is 8.40. The third-order valence-electron chi connectivity index (χ3n) is 5.04. The first-order valence-electron chi connectivity index (χ1n) is 9.85. The lowest BCUT2D eigenvalue weighted by molar-refractivity contribution is 0.208. The van der Waals surface area contributed by atoms with Crippen LogP contribution in [0.3, 0.4) is 0 Å². The molecular weight excluding hydrogens is 402 g/mol. The summed E-state index contributed by atoms with van der Waals surface area (Å²) in [4.78, 5) is 25.7. The number of carbonyl (C=O) groups is 1. The second-order valence-corrected chi connectivity index (χ2v) is 7.76. The van der Waals surface area contributed by atoms with Gasteiger partial charge in [0.05, 0.1) is 16.4 Å². The Hall–Kier alpha value is -3.13. The number of urea groups is 1. The lowest BCUT2D eigenvalue weighted by atomic mass is 10.3. The van der Waals surface area contributed by atoms with E-state index in [2.05, 4.69) is 25.3 Å². The van der Waals surface area contributed by atoms with Crippen LogP contribution in [0.2, 0.25) is 5.02 Å². The van der Waals surface area contributed by atoms with Crippen LogP contribution >= 0.6 is 11.6 Å². The number of aryl methyl sites for hydroxylation is 3. The van der Waals surface area contributed by atoms with E-state index in [0.717, 1.165) is 23.0 Å². The Morgan fingerprint density at radius 1 is 1.00 bits per heavy atom. The molecule has 30 heavy (non-hydrogen) atoms. The number of benzene rings is 1. The maximum atomic E-state index is 12.6. The average Bonchev–Trinajstić information content (AvgIpc) is 3.07. The monoisotopic (exact) mass is 425 g/mol. The Bertz CT molecular complexity index is 1070. The van der Waals surface area contributed by atoms with Gasteiger partial charge < -0.3 is 15.1 Å². The number of hydrogen-bond donors (Lipinski definition) is 1. The van der Waals surface area contributed by atoms with Crippen LogP contribution in [0.1, 0.15) is 17.2 Å². The van der Waals surface area contributed by atoms with Crippen molar-refractivity contribution >= 4 is 29.1 Å². The molecule has 0 atom stereocenters. The number of para-hydroxylation sites is 1. The van der Waals surface area contributed by atoms with Crippen molar-refractivity contribution in [1.29, 1.82) is 0 Å². The van der Waals surface area contributed by atoms with Gasteiger partial charge in [0.1, 0.15) is 11.6 Å². The van der Waals surface area contributed by atoms with Crippen molar-refractivity contribution in [2.24, 2.45) is 0 Å². The van der Waals surface area contributed by atoms with Crippen molar-refractivity contribution in [2.45, 2.75) is 20.8 Å². The van der Waals surface area contributed by atoms with Crippen molar-refractivity contribution in [2.75, 3.05) is 36.4 Å². The molecule has 1 N–H and O–H groups in total. The van der Waals surface area contributed by atoms with E-state index in [-0.39, 0.29) is 6.03 Å². The molecule has 0 radical (unpaired) electrons. The maximum Gasteiger partial charge on any atom is 0.322 e. The number of hydrogen-bond acceptors (Lipinski definition) is 5. The summed E-state index contributed by atoms with van der Waals surface area (Å²) in [5.74, 6) is 2.28. The summed E-state index contributed by atoms with van der Waals surface area (Å²) >= 11 is 6.14. The topological polar surface area (TPSA) is 79.2 Å². The minimum absolute atomic E-state index is 0.148. The maximum absolute atomic E-state index is 12.6. The number of nitrogens with one attached hydrogen (secondary N) is 1. The SMILES string of the molecule is Cc1cc(C)n(-c2cc(N3CCN(C(=O)Nc4ccccc4Cl)CC3)nc(C)n2)n1. The highest BCUT2D eigenvalue weighted by molar-refractivity contribution is 6.33. The lowest BCUT2D eigenvalue weighted by Gasteiger charge is -2.35. The normalized spacial score (nSPS) is 14.1. The van der Waals surface area contributed by atoms with E-state index in [1.165, 1.54) is 0 Å². The molecule has 0 saturated carbocycles. The summed E-state index contributed by atoms with van der Waals surface area (Å²) in [6.07, 6.45) is 0. The van der Waals surface area contributed by atoms with Gasteiger partial charge in [0.15, 0.2) is 5.82 Å². The van der Waals surface area contributed by atoms with Gasteiger partial charge in [0.2, 0.25) is 0 Å². The van der Waals surface area contributed by atoms with Crippen molar-refractivity contribution in [1.82, 2.24) is 24.6 Å². The Kier molecular flexibility index (Phi) is 5.59. The molecule has 0 spiro atoms. The van der Waals surface area contributed by atoms with Crippen LogP contribution in [0.15, 0.2) is 36.4 Å². The molecule has 0 unspecified atom stereocenters. The highest BCUT2D eigenvalue weighted by atomic mass is 35.5. The number of rotatable bonds is 3. The number of nitrogens with zero attached hydrogens (tertiary/aromatic N) is 6.